The minimum absolute atomic E-state index is 0. The fourth-order valence-corrected chi connectivity index (χ4v) is 17.0. The average molecular weight is 646 g/mol. The monoisotopic (exact) mass is 646 g/mol. The Kier molecular flexibility index (Phi) is 8.87. The molecule has 12 aliphatic carbocycles. The Labute approximate surface area is 283 Å². The van der Waals surface area contributed by atoms with E-state index in [1.54, 1.807) is 6.92 Å². The van der Waals surface area contributed by atoms with Crippen molar-refractivity contribution in [2.24, 2.45) is 61.7 Å². The highest BCUT2D eigenvalue weighted by Gasteiger charge is 2.61. The van der Waals surface area contributed by atoms with Crippen LogP contribution in [0.15, 0.2) is 0 Å². The molecule has 1 amide bonds. The van der Waals surface area contributed by atoms with E-state index in [9.17, 15) is 4.79 Å². The van der Waals surface area contributed by atoms with Crippen molar-refractivity contribution < 1.29 is 4.79 Å². The number of nitrogens with two attached hydrogens (primary N) is 2. The second kappa shape index (κ2) is 11.1. The summed E-state index contributed by atoms with van der Waals surface area (Å²) in [7, 11) is 0. The maximum Gasteiger partial charge on any atom is 0.217 e. The van der Waals surface area contributed by atoms with Crippen molar-refractivity contribution in [2.75, 3.05) is 0 Å². The minimum Gasteiger partial charge on any atom is -0.351 e. The van der Waals surface area contributed by atoms with Gasteiger partial charge in [-0.05, 0) is 166 Å². The van der Waals surface area contributed by atoms with Crippen molar-refractivity contribution in [1.29, 1.82) is 0 Å². The Morgan fingerprint density at radius 2 is 0.756 bits per heavy atom. The van der Waals surface area contributed by atoms with E-state index < -0.39 is 0 Å². The van der Waals surface area contributed by atoms with Crippen molar-refractivity contribution in [1.82, 2.24) is 5.32 Å². The maximum absolute atomic E-state index is 11.4. The third kappa shape index (κ3) is 7.06. The molecule has 6 unspecified atom stereocenters. The molecule has 6 atom stereocenters. The van der Waals surface area contributed by atoms with Crippen molar-refractivity contribution in [3.8, 4) is 0 Å². The van der Waals surface area contributed by atoms with Crippen LogP contribution in [-0.4, -0.2) is 22.5 Å². The summed E-state index contributed by atoms with van der Waals surface area (Å²) in [6, 6.07) is 0. The van der Waals surface area contributed by atoms with E-state index in [0.29, 0.717) is 32.5 Å². The molecule has 12 aliphatic rings. The standard InChI is InChI=1S/C14H23NO.2C12H21N.C2H6.ClH/c1-10(16)15-14-6-11-4-12(2,8-14)7-13(3,5-11)9-14;2*1-10-3-9-4-11(2,6-10)8-12(13,5-9)7-10;1-2;/h11H,4-9H2,1-3H3,(H,15,16);2*9H,3-8,13H2,1-2H3;1-2H3;1H. The molecule has 0 spiro atoms. The smallest absolute Gasteiger partial charge is 0.217 e. The summed E-state index contributed by atoms with van der Waals surface area (Å²) in [4.78, 5) is 11.4. The number of rotatable bonds is 1. The Morgan fingerprint density at radius 1 is 0.489 bits per heavy atom. The number of halogens is 1. The van der Waals surface area contributed by atoms with E-state index in [-0.39, 0.29) is 34.9 Å². The third-order valence-electron chi connectivity index (χ3n) is 14.4. The van der Waals surface area contributed by atoms with Crippen molar-refractivity contribution in [3.63, 3.8) is 0 Å². The first kappa shape index (κ1) is 36.0. The van der Waals surface area contributed by atoms with Gasteiger partial charge in [0.05, 0.1) is 0 Å². The number of carbonyl (C=O) groups is 1. The summed E-state index contributed by atoms with van der Waals surface area (Å²) in [5.74, 6) is 2.93. The Bertz CT molecular complexity index is 977. The predicted octanol–water partition coefficient (Wildman–Crippen LogP) is 9.71. The fourth-order valence-electron chi connectivity index (χ4n) is 17.0. The molecular weight excluding hydrogens is 574 g/mol. The molecule has 0 aromatic carbocycles. The van der Waals surface area contributed by atoms with Crippen LogP contribution in [0, 0.1) is 50.2 Å². The van der Waals surface area contributed by atoms with Crippen molar-refractivity contribution >= 4 is 18.3 Å². The van der Waals surface area contributed by atoms with Gasteiger partial charge in [-0.25, -0.2) is 0 Å². The highest BCUT2D eigenvalue weighted by atomic mass is 35.5. The highest BCUT2D eigenvalue weighted by molar-refractivity contribution is 5.85. The van der Waals surface area contributed by atoms with E-state index in [4.69, 9.17) is 11.5 Å². The number of amides is 1. The van der Waals surface area contributed by atoms with Gasteiger partial charge in [0.1, 0.15) is 0 Å². The van der Waals surface area contributed by atoms with Gasteiger partial charge in [-0.2, -0.15) is 0 Å². The molecule has 5 heteroatoms. The largest absolute Gasteiger partial charge is 0.351 e. The Hall–Kier alpha value is -0.320. The van der Waals surface area contributed by atoms with Crippen LogP contribution in [-0.2, 0) is 4.79 Å². The molecule has 0 radical (unpaired) electrons. The molecule has 12 fully saturated rings. The fraction of sp³-hybridized carbons (Fsp3) is 0.975. The highest BCUT2D eigenvalue weighted by Crippen LogP contribution is 2.68. The second-order valence-electron chi connectivity index (χ2n) is 21.6. The lowest BCUT2D eigenvalue weighted by Crippen LogP contribution is -2.64. The van der Waals surface area contributed by atoms with Gasteiger partial charge in [-0.3, -0.25) is 4.79 Å². The summed E-state index contributed by atoms with van der Waals surface area (Å²) < 4.78 is 0. The maximum atomic E-state index is 11.4. The lowest BCUT2D eigenvalue weighted by molar-refractivity contribution is -0.138. The summed E-state index contributed by atoms with van der Waals surface area (Å²) in [6.45, 7) is 20.4. The van der Waals surface area contributed by atoms with E-state index >= 15 is 0 Å². The quantitative estimate of drug-likeness (QED) is 0.265. The van der Waals surface area contributed by atoms with Gasteiger partial charge in [0.15, 0.2) is 0 Å². The van der Waals surface area contributed by atoms with Crippen LogP contribution in [0.4, 0.5) is 0 Å². The van der Waals surface area contributed by atoms with Gasteiger partial charge in [0.2, 0.25) is 5.91 Å². The average Bonchev–Trinajstić information content (AvgIpc) is 2.71. The number of hydrogen-bond acceptors (Lipinski definition) is 3. The molecule has 260 valence electrons. The van der Waals surface area contributed by atoms with Gasteiger partial charge in [0, 0.05) is 23.5 Å². The van der Waals surface area contributed by atoms with Gasteiger partial charge in [0.25, 0.3) is 0 Å². The molecule has 0 aromatic heterocycles. The zero-order chi connectivity index (χ0) is 32.2. The van der Waals surface area contributed by atoms with Crippen LogP contribution in [0.1, 0.15) is 178 Å². The van der Waals surface area contributed by atoms with Crippen LogP contribution < -0.4 is 16.8 Å². The second-order valence-corrected chi connectivity index (χ2v) is 21.6. The van der Waals surface area contributed by atoms with Crippen LogP contribution in [0.25, 0.3) is 0 Å². The zero-order valence-electron chi connectivity index (χ0n) is 30.9. The van der Waals surface area contributed by atoms with Crippen LogP contribution in [0.5, 0.6) is 0 Å². The lowest BCUT2D eigenvalue weighted by Gasteiger charge is -2.65. The summed E-state index contributed by atoms with van der Waals surface area (Å²) >= 11 is 0. The first-order chi connectivity index (χ1) is 20.1. The summed E-state index contributed by atoms with van der Waals surface area (Å²) in [6.07, 6.45) is 24.4. The van der Waals surface area contributed by atoms with E-state index in [1.807, 2.05) is 13.8 Å². The SMILES string of the molecule is CC.CC(=O)NC12CC3CC(C)(CC(C)(C3)C1)C2.CC12CC3CC(C)(C1)CC(N)(C3)C2.CC12CC3CC(C)(C1)CC(N)(C3)C2.Cl. The molecule has 4 nitrogen and oxygen atoms in total. The minimum atomic E-state index is 0. The first-order valence-electron chi connectivity index (χ1n) is 19.0. The van der Waals surface area contributed by atoms with Crippen LogP contribution in [0.2, 0.25) is 0 Å². The lowest BCUT2D eigenvalue weighted by atomic mass is 9.43. The van der Waals surface area contributed by atoms with Crippen molar-refractivity contribution in [3.05, 3.63) is 0 Å². The molecule has 12 bridgehead atoms. The topological polar surface area (TPSA) is 81.1 Å². The molecule has 5 N–H and O–H groups in total. The number of hydrogen-bond donors (Lipinski definition) is 3. The molecule has 0 aliphatic heterocycles. The third-order valence-corrected chi connectivity index (χ3v) is 14.4. The van der Waals surface area contributed by atoms with E-state index in [1.165, 1.54) is 116 Å². The molecule has 12 saturated carbocycles. The van der Waals surface area contributed by atoms with E-state index in [2.05, 4.69) is 46.9 Å². The summed E-state index contributed by atoms with van der Waals surface area (Å²) in [5, 5.41) is 3.30. The molecule has 12 rings (SSSR count). The molecule has 0 aromatic rings. The Morgan fingerprint density at radius 3 is 0.978 bits per heavy atom. The van der Waals surface area contributed by atoms with Gasteiger partial charge in [-0.1, -0.05) is 55.4 Å². The molecule has 45 heavy (non-hydrogen) atoms. The van der Waals surface area contributed by atoms with E-state index in [0.717, 1.165) is 17.8 Å². The summed E-state index contributed by atoms with van der Waals surface area (Å²) in [5.41, 5.74) is 17.0. The van der Waals surface area contributed by atoms with Gasteiger partial charge >= 0.3 is 0 Å². The number of carbonyl (C=O) groups excluding carboxylic acids is 1. The van der Waals surface area contributed by atoms with Crippen LogP contribution in [0.3, 0.4) is 0 Å². The normalized spacial score (nSPS) is 56.6. The van der Waals surface area contributed by atoms with Crippen LogP contribution >= 0.6 is 12.4 Å². The van der Waals surface area contributed by atoms with Gasteiger partial charge < -0.3 is 16.8 Å². The zero-order valence-corrected chi connectivity index (χ0v) is 31.7. The molecule has 0 saturated heterocycles. The number of nitrogens with one attached hydrogen (secondary N) is 1. The van der Waals surface area contributed by atoms with Crippen molar-refractivity contribution in [2.45, 2.75) is 195 Å². The molecule has 0 heterocycles. The first-order valence-corrected chi connectivity index (χ1v) is 19.0. The van der Waals surface area contributed by atoms with Gasteiger partial charge in [-0.15, -0.1) is 12.4 Å². The predicted molar refractivity (Wildman–Crippen MR) is 191 cm³/mol. The Balaban J connectivity index is 0.000000129. The molecular formula is C40H72ClN3O.